The van der Waals surface area contributed by atoms with E-state index in [-0.39, 0.29) is 18.4 Å². The number of aromatic nitrogens is 3. The zero-order chi connectivity index (χ0) is 17.0. The van der Waals surface area contributed by atoms with Crippen molar-refractivity contribution in [2.45, 2.75) is 45.6 Å². The van der Waals surface area contributed by atoms with E-state index in [0.717, 1.165) is 23.0 Å². The van der Waals surface area contributed by atoms with E-state index >= 15 is 0 Å². The second kappa shape index (κ2) is 7.72. The summed E-state index contributed by atoms with van der Waals surface area (Å²) < 4.78 is 18.7. The molecule has 2 rings (SSSR count). The van der Waals surface area contributed by atoms with Gasteiger partial charge in [-0.25, -0.2) is 9.97 Å². The van der Waals surface area contributed by atoms with Crippen molar-refractivity contribution in [1.82, 2.24) is 14.5 Å². The van der Waals surface area contributed by atoms with Crippen LogP contribution in [0, 0.1) is 0 Å². The van der Waals surface area contributed by atoms with Gasteiger partial charge in [0.1, 0.15) is 30.1 Å². The van der Waals surface area contributed by atoms with E-state index in [0.29, 0.717) is 12.4 Å². The van der Waals surface area contributed by atoms with Gasteiger partial charge in [0.05, 0.1) is 18.1 Å². The normalized spacial score (nSPS) is 15.7. The number of hydrogen-bond donors (Lipinski definition) is 1. The molecule has 3 unspecified atom stereocenters. The van der Waals surface area contributed by atoms with Crippen LogP contribution in [0.2, 0.25) is 0 Å². The molecule has 23 heavy (non-hydrogen) atoms. The summed E-state index contributed by atoms with van der Waals surface area (Å²) >= 11 is 0. The van der Waals surface area contributed by atoms with Crippen molar-refractivity contribution in [3.8, 4) is 0 Å². The lowest BCUT2D eigenvalue weighted by molar-refractivity contribution is -0.124. The number of fused-ring (bicyclic) bond motifs is 1. The van der Waals surface area contributed by atoms with Crippen LogP contribution in [0.3, 0.4) is 0 Å². The number of rotatable bonds is 8. The Morgan fingerprint density at radius 1 is 1.26 bits per heavy atom. The fourth-order valence-corrected chi connectivity index (χ4v) is 2.65. The molecule has 0 spiro atoms. The van der Waals surface area contributed by atoms with Crippen LogP contribution in [0.15, 0.2) is 12.5 Å². The minimum Gasteiger partial charge on any atom is -0.383 e. The molecule has 2 aromatic heterocycles. The second-order valence-electron chi connectivity index (χ2n) is 5.54. The van der Waals surface area contributed by atoms with Gasteiger partial charge in [-0.15, -0.1) is 0 Å². The highest BCUT2D eigenvalue weighted by Crippen LogP contribution is 2.28. The lowest BCUT2D eigenvalue weighted by atomic mass is 10.2. The molecule has 2 N–H and O–H groups in total. The summed E-state index contributed by atoms with van der Waals surface area (Å²) in [6, 6.07) is 0. The molecule has 2 aromatic rings. The van der Waals surface area contributed by atoms with Crippen molar-refractivity contribution in [2.24, 2.45) is 0 Å². The van der Waals surface area contributed by atoms with Gasteiger partial charge in [-0.1, -0.05) is 6.92 Å². The number of nitrogens with two attached hydrogens (primary N) is 1. The Bertz CT molecular complexity index is 644. The molecule has 7 nitrogen and oxygen atoms in total. The van der Waals surface area contributed by atoms with Gasteiger partial charge in [-0.3, -0.25) is 0 Å². The van der Waals surface area contributed by atoms with Crippen molar-refractivity contribution in [2.75, 3.05) is 26.6 Å². The first-order valence-corrected chi connectivity index (χ1v) is 7.80. The molecule has 0 aromatic carbocycles. The van der Waals surface area contributed by atoms with Crippen molar-refractivity contribution in [1.29, 1.82) is 0 Å². The fourth-order valence-electron chi connectivity index (χ4n) is 2.65. The summed E-state index contributed by atoms with van der Waals surface area (Å²) in [6.07, 6.45) is 3.87. The zero-order valence-electron chi connectivity index (χ0n) is 14.4. The van der Waals surface area contributed by atoms with E-state index in [1.807, 2.05) is 24.6 Å². The lowest BCUT2D eigenvalue weighted by Gasteiger charge is -2.27. The molecular weight excluding hydrogens is 296 g/mol. The highest BCUT2D eigenvalue weighted by Gasteiger charge is 2.23. The van der Waals surface area contributed by atoms with Gasteiger partial charge in [0.25, 0.3) is 0 Å². The van der Waals surface area contributed by atoms with Crippen molar-refractivity contribution >= 4 is 16.9 Å². The highest BCUT2D eigenvalue weighted by atomic mass is 16.6. The number of nitrogen functional groups attached to an aromatic ring is 1. The molecule has 7 heteroatoms. The van der Waals surface area contributed by atoms with Crippen LogP contribution in [0.25, 0.3) is 11.0 Å². The van der Waals surface area contributed by atoms with Gasteiger partial charge >= 0.3 is 0 Å². The predicted octanol–water partition coefficient (Wildman–Crippen LogP) is 2.16. The monoisotopic (exact) mass is 322 g/mol. The summed E-state index contributed by atoms with van der Waals surface area (Å²) in [7, 11) is 3.31. The number of anilines is 1. The number of hydrogen-bond acceptors (Lipinski definition) is 6. The van der Waals surface area contributed by atoms with Crippen molar-refractivity contribution < 1.29 is 14.2 Å². The first kappa shape index (κ1) is 17.7. The van der Waals surface area contributed by atoms with Crippen LogP contribution in [0.1, 0.15) is 32.6 Å². The van der Waals surface area contributed by atoms with Crippen LogP contribution in [-0.4, -0.2) is 47.6 Å². The zero-order valence-corrected chi connectivity index (χ0v) is 14.4. The molecule has 0 fully saturated rings. The lowest BCUT2D eigenvalue weighted by Crippen LogP contribution is -2.34. The molecule has 0 aliphatic rings. The molecule has 0 saturated carbocycles. The van der Waals surface area contributed by atoms with Gasteiger partial charge in [0.15, 0.2) is 0 Å². The minimum absolute atomic E-state index is 0.0791. The smallest absolute Gasteiger partial charge is 0.147 e. The van der Waals surface area contributed by atoms with Gasteiger partial charge in [0, 0.05) is 20.4 Å². The Kier molecular flexibility index (Phi) is 5.92. The van der Waals surface area contributed by atoms with Crippen LogP contribution in [-0.2, 0) is 20.6 Å². The van der Waals surface area contributed by atoms with Crippen LogP contribution in [0.5, 0.6) is 0 Å². The molecule has 0 bridgehead atoms. The number of methoxy groups -OCH3 is 2. The molecule has 0 saturated heterocycles. The second-order valence-corrected chi connectivity index (χ2v) is 5.54. The Morgan fingerprint density at radius 2 is 2.00 bits per heavy atom. The third-order valence-electron chi connectivity index (χ3n) is 4.09. The van der Waals surface area contributed by atoms with E-state index in [1.165, 1.54) is 6.33 Å². The third kappa shape index (κ3) is 3.63. The van der Waals surface area contributed by atoms with Crippen LogP contribution < -0.4 is 5.73 Å². The van der Waals surface area contributed by atoms with Crippen LogP contribution >= 0.6 is 0 Å². The number of ether oxygens (including phenoxy) is 3. The summed E-state index contributed by atoms with van der Waals surface area (Å²) in [5, 5.41) is 0.897. The molecule has 0 radical (unpaired) electrons. The van der Waals surface area contributed by atoms with Crippen molar-refractivity contribution in [3.63, 3.8) is 0 Å². The third-order valence-corrected chi connectivity index (χ3v) is 4.09. The van der Waals surface area contributed by atoms with Crippen LogP contribution in [0.4, 0.5) is 5.82 Å². The molecule has 128 valence electrons. The summed E-state index contributed by atoms with van der Waals surface area (Å²) in [5.41, 5.74) is 7.91. The maximum absolute atomic E-state index is 6.15. The minimum atomic E-state index is -0.232. The van der Waals surface area contributed by atoms with Gasteiger partial charge in [-0.05, 0) is 25.8 Å². The Balaban J connectivity index is 2.33. The molecular formula is C16H26N4O3. The van der Waals surface area contributed by atoms with E-state index in [1.54, 1.807) is 14.2 Å². The highest BCUT2D eigenvalue weighted by molar-refractivity contribution is 5.89. The average molecular weight is 322 g/mol. The summed E-state index contributed by atoms with van der Waals surface area (Å²) in [4.78, 5) is 8.47. The van der Waals surface area contributed by atoms with Gasteiger partial charge in [-0.2, -0.15) is 0 Å². The first-order chi connectivity index (χ1) is 11.0. The molecule has 0 aliphatic carbocycles. The van der Waals surface area contributed by atoms with Gasteiger partial charge in [0.2, 0.25) is 0 Å². The number of nitrogens with zero attached hydrogens (tertiary/aromatic N) is 3. The average Bonchev–Trinajstić information content (AvgIpc) is 2.94. The maximum Gasteiger partial charge on any atom is 0.147 e. The molecule has 0 aliphatic heterocycles. The summed E-state index contributed by atoms with van der Waals surface area (Å²) in [5.74, 6) is 0.497. The molecule has 2 heterocycles. The largest absolute Gasteiger partial charge is 0.383 e. The van der Waals surface area contributed by atoms with E-state index < -0.39 is 0 Å². The van der Waals surface area contributed by atoms with E-state index in [2.05, 4.69) is 16.9 Å². The van der Waals surface area contributed by atoms with Gasteiger partial charge < -0.3 is 24.5 Å². The molecule has 3 atom stereocenters. The number of aryl methyl sites for hydroxylation is 1. The quantitative estimate of drug-likeness (QED) is 0.802. The Labute approximate surface area is 136 Å². The first-order valence-electron chi connectivity index (χ1n) is 7.80. The predicted molar refractivity (Wildman–Crippen MR) is 89.2 cm³/mol. The Hall–Kier alpha value is -1.70. The SMILES string of the molecule is CCc1cn(C(C)OC(COC)C(C)OC)c2ncnc(N)c12. The van der Waals surface area contributed by atoms with E-state index in [9.17, 15) is 0 Å². The standard InChI is InChI=1S/C16H26N4O3/c1-6-12-7-20(16-14(12)15(17)18-9-19-16)11(3)23-13(8-21-4)10(2)22-5/h7,9-11,13H,6,8H2,1-5H3,(H2,17,18,19). The van der Waals surface area contributed by atoms with Crippen molar-refractivity contribution in [3.05, 3.63) is 18.1 Å². The molecule has 0 amide bonds. The topological polar surface area (TPSA) is 84.4 Å². The Morgan fingerprint density at radius 3 is 2.61 bits per heavy atom. The fraction of sp³-hybridized carbons (Fsp3) is 0.625. The van der Waals surface area contributed by atoms with E-state index in [4.69, 9.17) is 19.9 Å². The summed E-state index contributed by atoms with van der Waals surface area (Å²) in [6.45, 7) is 6.47. The maximum atomic E-state index is 6.15.